The van der Waals surface area contributed by atoms with Gasteiger partial charge in [0.25, 0.3) is 0 Å². The number of hydrogen-bond acceptors (Lipinski definition) is 3. The molecule has 18 heavy (non-hydrogen) atoms. The number of rotatable bonds is 5. The van der Waals surface area contributed by atoms with Crippen molar-refractivity contribution in [2.24, 2.45) is 11.8 Å². The van der Waals surface area contributed by atoms with Gasteiger partial charge in [0.15, 0.2) is 0 Å². The van der Waals surface area contributed by atoms with E-state index in [-0.39, 0.29) is 18.0 Å². The molecule has 2 N–H and O–H groups in total. The number of carbonyl (C=O) groups is 2. The Labute approximate surface area is 112 Å². The maximum atomic E-state index is 11.9. The van der Waals surface area contributed by atoms with Gasteiger partial charge in [0.1, 0.15) is 0 Å². The van der Waals surface area contributed by atoms with Gasteiger partial charge < -0.3 is 15.3 Å². The largest absolute Gasteiger partial charge is 0.481 e. The van der Waals surface area contributed by atoms with Crippen molar-refractivity contribution in [3.8, 4) is 0 Å². The molecule has 1 saturated heterocycles. The van der Waals surface area contributed by atoms with Crippen LogP contribution in [0.2, 0.25) is 0 Å². The summed E-state index contributed by atoms with van der Waals surface area (Å²) in [5.41, 5.74) is 0. The lowest BCUT2D eigenvalue weighted by Gasteiger charge is -2.20. The van der Waals surface area contributed by atoms with Gasteiger partial charge in [-0.1, -0.05) is 13.8 Å². The van der Waals surface area contributed by atoms with Gasteiger partial charge in [-0.2, -0.15) is 11.8 Å². The summed E-state index contributed by atoms with van der Waals surface area (Å²) in [5, 5.41) is 11.9. The Morgan fingerprint density at radius 1 is 1.50 bits per heavy atom. The number of likely N-dealkylation sites (tertiary alicyclic amines) is 1. The first-order chi connectivity index (χ1) is 8.45. The molecule has 0 aromatic carbocycles. The number of carboxylic acids is 1. The average Bonchev–Trinajstić information content (AvgIpc) is 2.68. The van der Waals surface area contributed by atoms with Gasteiger partial charge in [-0.05, 0) is 18.6 Å². The van der Waals surface area contributed by atoms with Gasteiger partial charge in [-0.15, -0.1) is 0 Å². The summed E-state index contributed by atoms with van der Waals surface area (Å²) >= 11 is 1.78. The molecule has 1 rings (SSSR count). The average molecular weight is 274 g/mol. The Morgan fingerprint density at radius 3 is 2.67 bits per heavy atom. The predicted molar refractivity (Wildman–Crippen MR) is 72.9 cm³/mol. The van der Waals surface area contributed by atoms with Gasteiger partial charge in [0.05, 0.1) is 5.92 Å². The van der Waals surface area contributed by atoms with E-state index in [2.05, 4.69) is 12.2 Å². The molecule has 104 valence electrons. The first-order valence-corrected chi connectivity index (χ1v) is 7.47. The molecule has 6 heteroatoms. The Balaban J connectivity index is 2.42. The van der Waals surface area contributed by atoms with Crippen LogP contribution in [0.4, 0.5) is 4.79 Å². The van der Waals surface area contributed by atoms with Crippen molar-refractivity contribution in [2.45, 2.75) is 26.8 Å². The number of carbonyl (C=O) groups excluding carboxylic acids is 1. The first kappa shape index (κ1) is 15.1. The Morgan fingerprint density at radius 2 is 2.17 bits per heavy atom. The lowest BCUT2D eigenvalue weighted by molar-refractivity contribution is -0.142. The number of nitrogens with zero attached hydrogens (tertiary/aromatic N) is 1. The van der Waals surface area contributed by atoms with Crippen molar-refractivity contribution in [1.82, 2.24) is 10.2 Å². The van der Waals surface area contributed by atoms with Crippen LogP contribution in [-0.2, 0) is 4.79 Å². The van der Waals surface area contributed by atoms with Crippen molar-refractivity contribution < 1.29 is 14.7 Å². The van der Waals surface area contributed by atoms with Crippen LogP contribution in [-0.4, -0.2) is 52.6 Å². The summed E-state index contributed by atoms with van der Waals surface area (Å²) in [7, 11) is 0. The molecular formula is C12H22N2O3S. The van der Waals surface area contributed by atoms with Crippen molar-refractivity contribution in [1.29, 1.82) is 0 Å². The maximum Gasteiger partial charge on any atom is 0.317 e. The third-order valence-electron chi connectivity index (χ3n) is 3.16. The fourth-order valence-electron chi connectivity index (χ4n) is 2.09. The summed E-state index contributed by atoms with van der Waals surface area (Å²) in [6.07, 6.45) is 0. The minimum absolute atomic E-state index is 0.0218. The van der Waals surface area contributed by atoms with Gasteiger partial charge in [0, 0.05) is 24.9 Å². The zero-order chi connectivity index (χ0) is 13.7. The van der Waals surface area contributed by atoms with Crippen molar-refractivity contribution >= 4 is 23.8 Å². The first-order valence-electron chi connectivity index (χ1n) is 6.31. The van der Waals surface area contributed by atoms with Crippen LogP contribution in [0.1, 0.15) is 20.8 Å². The zero-order valence-corrected chi connectivity index (χ0v) is 12.0. The molecule has 2 amide bonds. The van der Waals surface area contributed by atoms with Crippen LogP contribution < -0.4 is 5.32 Å². The lowest BCUT2D eigenvalue weighted by atomic mass is 9.99. The highest BCUT2D eigenvalue weighted by molar-refractivity contribution is 7.99. The van der Waals surface area contributed by atoms with Crippen molar-refractivity contribution in [2.75, 3.05) is 24.6 Å². The second-order valence-electron chi connectivity index (χ2n) is 4.84. The molecule has 1 heterocycles. The van der Waals surface area contributed by atoms with E-state index in [0.717, 1.165) is 11.5 Å². The number of carboxylic acid groups (broad SMARTS) is 1. The van der Waals surface area contributed by atoms with Crippen molar-refractivity contribution in [3.05, 3.63) is 0 Å². The Kier molecular flexibility index (Phi) is 5.78. The summed E-state index contributed by atoms with van der Waals surface area (Å²) in [4.78, 5) is 24.5. The zero-order valence-electron chi connectivity index (χ0n) is 11.2. The minimum Gasteiger partial charge on any atom is -0.481 e. The molecule has 1 aliphatic rings. The van der Waals surface area contributed by atoms with E-state index in [1.807, 2.05) is 13.8 Å². The highest BCUT2D eigenvalue weighted by Gasteiger charge is 2.37. The van der Waals surface area contributed by atoms with E-state index in [9.17, 15) is 9.59 Å². The van der Waals surface area contributed by atoms with E-state index in [1.54, 1.807) is 16.7 Å². The van der Waals surface area contributed by atoms with Crippen LogP contribution in [0.25, 0.3) is 0 Å². The number of aliphatic carboxylic acids is 1. The number of urea groups is 1. The maximum absolute atomic E-state index is 11.9. The summed E-state index contributed by atoms with van der Waals surface area (Å²) in [6.45, 7) is 6.77. The second-order valence-corrected chi connectivity index (χ2v) is 6.16. The lowest BCUT2D eigenvalue weighted by Crippen LogP contribution is -2.44. The fourth-order valence-corrected chi connectivity index (χ4v) is 2.77. The Hall–Kier alpha value is -0.910. The molecule has 1 fully saturated rings. The van der Waals surface area contributed by atoms with Crippen LogP contribution in [0, 0.1) is 11.8 Å². The molecule has 0 bridgehead atoms. The van der Waals surface area contributed by atoms with Crippen LogP contribution in [0.5, 0.6) is 0 Å². The normalized spacial score (nSPS) is 24.9. The van der Waals surface area contributed by atoms with Gasteiger partial charge in [0.2, 0.25) is 0 Å². The van der Waals surface area contributed by atoms with E-state index < -0.39 is 11.9 Å². The number of amides is 2. The molecule has 5 nitrogen and oxygen atoms in total. The van der Waals surface area contributed by atoms with Gasteiger partial charge in [-0.3, -0.25) is 4.79 Å². The summed E-state index contributed by atoms with van der Waals surface area (Å²) in [5.74, 6) is 0.688. The molecule has 0 spiro atoms. The van der Waals surface area contributed by atoms with E-state index in [1.165, 1.54) is 0 Å². The Bertz CT molecular complexity index is 312. The molecule has 3 unspecified atom stereocenters. The number of nitrogens with one attached hydrogen (secondary N) is 1. The molecule has 3 atom stereocenters. The molecular weight excluding hydrogens is 252 g/mol. The van der Waals surface area contributed by atoms with Gasteiger partial charge >= 0.3 is 12.0 Å². The molecule has 0 aliphatic carbocycles. The van der Waals surface area contributed by atoms with Crippen molar-refractivity contribution in [3.63, 3.8) is 0 Å². The van der Waals surface area contributed by atoms with Crippen LogP contribution in [0.3, 0.4) is 0 Å². The molecule has 0 saturated carbocycles. The minimum atomic E-state index is -0.813. The van der Waals surface area contributed by atoms with Gasteiger partial charge in [-0.25, -0.2) is 4.79 Å². The van der Waals surface area contributed by atoms with E-state index in [4.69, 9.17) is 5.11 Å². The SMILES string of the molecule is CCSCC(C)NC(=O)N1CC(C)C(C(=O)O)C1. The highest BCUT2D eigenvalue weighted by atomic mass is 32.2. The number of hydrogen-bond donors (Lipinski definition) is 2. The quantitative estimate of drug-likeness (QED) is 0.797. The standard InChI is InChI=1S/C12H22N2O3S/c1-4-18-7-9(3)13-12(17)14-5-8(2)10(6-14)11(15)16/h8-10H,4-7H2,1-3H3,(H,13,17)(H,15,16). The van der Waals surface area contributed by atoms with E-state index >= 15 is 0 Å². The van der Waals surface area contributed by atoms with E-state index in [0.29, 0.717) is 13.1 Å². The third kappa shape index (κ3) is 4.08. The molecule has 0 radical (unpaired) electrons. The third-order valence-corrected chi connectivity index (χ3v) is 4.30. The van der Waals surface area contributed by atoms with Crippen LogP contribution in [0.15, 0.2) is 0 Å². The smallest absolute Gasteiger partial charge is 0.317 e. The number of thioether (sulfide) groups is 1. The molecule has 1 aliphatic heterocycles. The molecule has 0 aromatic heterocycles. The van der Waals surface area contributed by atoms with Crippen LogP contribution >= 0.6 is 11.8 Å². The fraction of sp³-hybridized carbons (Fsp3) is 0.833. The topological polar surface area (TPSA) is 69.6 Å². The second kappa shape index (κ2) is 6.87. The monoisotopic (exact) mass is 274 g/mol. The molecule has 0 aromatic rings. The summed E-state index contributed by atoms with van der Waals surface area (Å²) < 4.78 is 0. The highest BCUT2D eigenvalue weighted by Crippen LogP contribution is 2.23. The summed E-state index contributed by atoms with van der Waals surface area (Å²) in [6, 6.07) is -0.0311. The predicted octanol–water partition coefficient (Wildman–Crippen LogP) is 1.49.